The lowest BCUT2D eigenvalue weighted by Gasteiger charge is -2.04. The molecule has 0 aromatic carbocycles. The van der Waals surface area contributed by atoms with Gasteiger partial charge in [0, 0.05) is 18.8 Å². The SMILES string of the molecule is CCn1nc(C)cc1-c1cc(F)c(Br)cn1. The highest BCUT2D eigenvalue weighted by molar-refractivity contribution is 9.10. The second-order valence-corrected chi connectivity index (χ2v) is 4.32. The van der Waals surface area contributed by atoms with Crippen LogP contribution in [0, 0.1) is 12.7 Å². The Morgan fingerprint density at radius 1 is 1.44 bits per heavy atom. The first-order chi connectivity index (χ1) is 7.61. The Kier molecular flexibility index (Phi) is 3.05. The summed E-state index contributed by atoms with van der Waals surface area (Å²) in [5.41, 5.74) is 2.34. The fourth-order valence-corrected chi connectivity index (χ4v) is 1.76. The van der Waals surface area contributed by atoms with Crippen LogP contribution in [-0.4, -0.2) is 14.8 Å². The molecular weight excluding hydrogens is 273 g/mol. The van der Waals surface area contributed by atoms with Crippen molar-refractivity contribution in [1.82, 2.24) is 14.8 Å². The summed E-state index contributed by atoms with van der Waals surface area (Å²) in [7, 11) is 0. The molecule has 0 spiro atoms. The topological polar surface area (TPSA) is 30.7 Å². The van der Waals surface area contributed by atoms with Gasteiger partial charge in [0.15, 0.2) is 0 Å². The third-order valence-electron chi connectivity index (χ3n) is 2.27. The molecule has 84 valence electrons. The van der Waals surface area contributed by atoms with Crippen molar-refractivity contribution >= 4 is 15.9 Å². The molecule has 2 rings (SSSR count). The molecule has 0 fully saturated rings. The van der Waals surface area contributed by atoms with Crippen molar-refractivity contribution in [2.75, 3.05) is 0 Å². The zero-order valence-corrected chi connectivity index (χ0v) is 10.6. The second-order valence-electron chi connectivity index (χ2n) is 3.47. The average molecular weight is 284 g/mol. The van der Waals surface area contributed by atoms with Crippen LogP contribution >= 0.6 is 15.9 Å². The van der Waals surface area contributed by atoms with Crippen molar-refractivity contribution in [3.05, 3.63) is 34.3 Å². The molecule has 2 aromatic heterocycles. The Morgan fingerprint density at radius 3 is 2.81 bits per heavy atom. The lowest BCUT2D eigenvalue weighted by atomic mass is 10.2. The van der Waals surface area contributed by atoms with E-state index >= 15 is 0 Å². The number of hydrogen-bond donors (Lipinski definition) is 0. The van der Waals surface area contributed by atoms with Crippen LogP contribution in [0.15, 0.2) is 22.8 Å². The van der Waals surface area contributed by atoms with Crippen molar-refractivity contribution < 1.29 is 4.39 Å². The summed E-state index contributed by atoms with van der Waals surface area (Å²) in [6.07, 6.45) is 1.47. The van der Waals surface area contributed by atoms with Gasteiger partial charge in [-0.15, -0.1) is 0 Å². The van der Waals surface area contributed by atoms with E-state index in [2.05, 4.69) is 26.0 Å². The molecule has 0 unspecified atom stereocenters. The van der Waals surface area contributed by atoms with Gasteiger partial charge in [0.1, 0.15) is 5.82 Å². The highest BCUT2D eigenvalue weighted by Crippen LogP contribution is 2.22. The monoisotopic (exact) mass is 283 g/mol. The van der Waals surface area contributed by atoms with E-state index in [0.717, 1.165) is 17.9 Å². The fourth-order valence-electron chi connectivity index (χ4n) is 1.55. The van der Waals surface area contributed by atoms with Crippen molar-refractivity contribution in [3.8, 4) is 11.4 Å². The summed E-state index contributed by atoms with van der Waals surface area (Å²) in [6.45, 7) is 4.64. The number of aromatic nitrogens is 3. The minimum absolute atomic E-state index is 0.313. The van der Waals surface area contributed by atoms with Crippen molar-refractivity contribution in [2.45, 2.75) is 20.4 Å². The largest absolute Gasteiger partial charge is 0.263 e. The van der Waals surface area contributed by atoms with Crippen LogP contribution in [0.3, 0.4) is 0 Å². The zero-order valence-electron chi connectivity index (χ0n) is 9.04. The van der Waals surface area contributed by atoms with Gasteiger partial charge in [0.25, 0.3) is 0 Å². The van der Waals surface area contributed by atoms with E-state index in [1.165, 1.54) is 12.3 Å². The quantitative estimate of drug-likeness (QED) is 0.848. The summed E-state index contributed by atoms with van der Waals surface area (Å²) in [5.74, 6) is -0.313. The molecule has 0 atom stereocenters. The zero-order chi connectivity index (χ0) is 11.7. The molecule has 2 heterocycles. The smallest absolute Gasteiger partial charge is 0.141 e. The lowest BCUT2D eigenvalue weighted by molar-refractivity contribution is 0.617. The third-order valence-corrected chi connectivity index (χ3v) is 2.86. The Hall–Kier alpha value is -1.23. The lowest BCUT2D eigenvalue weighted by Crippen LogP contribution is -2.00. The molecule has 0 aliphatic heterocycles. The van der Waals surface area contributed by atoms with Crippen molar-refractivity contribution in [3.63, 3.8) is 0 Å². The maximum Gasteiger partial charge on any atom is 0.141 e. The first-order valence-electron chi connectivity index (χ1n) is 4.97. The molecule has 0 N–H and O–H groups in total. The first-order valence-corrected chi connectivity index (χ1v) is 5.77. The number of halogens is 2. The van der Waals surface area contributed by atoms with Crippen LogP contribution < -0.4 is 0 Å². The van der Waals surface area contributed by atoms with Crippen LogP contribution in [0.2, 0.25) is 0 Å². The fraction of sp³-hybridized carbons (Fsp3) is 0.273. The van der Waals surface area contributed by atoms with E-state index < -0.39 is 0 Å². The summed E-state index contributed by atoms with van der Waals surface area (Å²) >= 11 is 3.08. The standard InChI is InChI=1S/C11H11BrFN3/c1-3-16-11(4-7(2)15-16)10-5-9(13)8(12)6-14-10/h4-6H,3H2,1-2H3. The number of hydrogen-bond acceptors (Lipinski definition) is 2. The highest BCUT2D eigenvalue weighted by atomic mass is 79.9. The predicted octanol–water partition coefficient (Wildman–Crippen LogP) is 3.18. The van der Waals surface area contributed by atoms with Crippen LogP contribution in [0.4, 0.5) is 4.39 Å². The van der Waals surface area contributed by atoms with E-state index in [1.807, 2.05) is 24.6 Å². The molecule has 5 heteroatoms. The Balaban J connectivity index is 2.53. The summed E-state index contributed by atoms with van der Waals surface area (Å²) in [4.78, 5) is 4.18. The molecule has 0 saturated carbocycles. The molecule has 2 aromatic rings. The molecule has 0 bridgehead atoms. The number of aryl methyl sites for hydroxylation is 2. The van der Waals surface area contributed by atoms with Gasteiger partial charge in [-0.25, -0.2) is 4.39 Å². The van der Waals surface area contributed by atoms with Gasteiger partial charge >= 0.3 is 0 Å². The Labute approximate surface area is 101 Å². The summed E-state index contributed by atoms with van der Waals surface area (Å²) in [6, 6.07) is 3.31. The van der Waals surface area contributed by atoms with Gasteiger partial charge < -0.3 is 0 Å². The molecule has 0 amide bonds. The number of pyridine rings is 1. The van der Waals surface area contributed by atoms with Gasteiger partial charge in [-0.2, -0.15) is 5.10 Å². The maximum absolute atomic E-state index is 13.4. The van der Waals surface area contributed by atoms with E-state index in [-0.39, 0.29) is 5.82 Å². The number of nitrogens with zero attached hydrogens (tertiary/aromatic N) is 3. The minimum atomic E-state index is -0.313. The Bertz CT molecular complexity index is 522. The molecule has 3 nitrogen and oxygen atoms in total. The third kappa shape index (κ3) is 2.00. The minimum Gasteiger partial charge on any atom is -0.263 e. The summed E-state index contributed by atoms with van der Waals surface area (Å²) < 4.78 is 15.6. The van der Waals surface area contributed by atoms with E-state index in [0.29, 0.717) is 10.2 Å². The van der Waals surface area contributed by atoms with Crippen molar-refractivity contribution in [1.29, 1.82) is 0 Å². The highest BCUT2D eigenvalue weighted by Gasteiger charge is 2.10. The predicted molar refractivity (Wildman–Crippen MR) is 63.5 cm³/mol. The number of rotatable bonds is 2. The van der Waals surface area contributed by atoms with Crippen LogP contribution in [0.5, 0.6) is 0 Å². The summed E-state index contributed by atoms with van der Waals surface area (Å²) in [5, 5.41) is 4.30. The second kappa shape index (κ2) is 4.33. The molecule has 16 heavy (non-hydrogen) atoms. The van der Waals surface area contributed by atoms with Gasteiger partial charge in [-0.3, -0.25) is 9.67 Å². The molecular formula is C11H11BrFN3. The van der Waals surface area contributed by atoms with E-state index in [4.69, 9.17) is 0 Å². The Morgan fingerprint density at radius 2 is 2.19 bits per heavy atom. The van der Waals surface area contributed by atoms with Crippen LogP contribution in [0.1, 0.15) is 12.6 Å². The molecule has 0 aliphatic rings. The van der Waals surface area contributed by atoms with Crippen LogP contribution in [0.25, 0.3) is 11.4 Å². The van der Waals surface area contributed by atoms with Gasteiger partial charge in [0.05, 0.1) is 21.6 Å². The van der Waals surface area contributed by atoms with Crippen LogP contribution in [-0.2, 0) is 6.54 Å². The maximum atomic E-state index is 13.4. The van der Waals surface area contributed by atoms with E-state index in [9.17, 15) is 4.39 Å². The average Bonchev–Trinajstić information content (AvgIpc) is 2.63. The van der Waals surface area contributed by atoms with Crippen molar-refractivity contribution in [2.24, 2.45) is 0 Å². The molecule has 0 radical (unpaired) electrons. The van der Waals surface area contributed by atoms with Gasteiger partial charge in [-0.1, -0.05) is 0 Å². The van der Waals surface area contributed by atoms with E-state index in [1.54, 1.807) is 0 Å². The van der Waals surface area contributed by atoms with Gasteiger partial charge in [-0.05, 0) is 35.8 Å². The molecule has 0 aliphatic carbocycles. The first kappa shape index (κ1) is 11.3. The molecule has 0 saturated heterocycles. The van der Waals surface area contributed by atoms with Gasteiger partial charge in [0.2, 0.25) is 0 Å². The normalized spacial score (nSPS) is 10.8.